The van der Waals surface area contributed by atoms with Crippen LogP contribution in [0.3, 0.4) is 0 Å². The van der Waals surface area contributed by atoms with Crippen LogP contribution in [0.2, 0.25) is 0 Å². The summed E-state index contributed by atoms with van der Waals surface area (Å²) in [5.41, 5.74) is 0.790. The van der Waals surface area contributed by atoms with E-state index in [1.165, 1.54) is 0 Å². The molecule has 0 atom stereocenters. The van der Waals surface area contributed by atoms with Gasteiger partial charge in [-0.3, -0.25) is 4.79 Å². The number of hydrogen-bond acceptors (Lipinski definition) is 4. The second kappa shape index (κ2) is 6.03. The molecule has 1 amide bonds. The van der Waals surface area contributed by atoms with Gasteiger partial charge in [0.25, 0.3) is 5.91 Å². The molecular weight excluding hydrogens is 358 g/mol. The van der Waals surface area contributed by atoms with E-state index in [0.29, 0.717) is 5.56 Å². The SMILES string of the molecule is CC(C)(C)NC(=O)c1cc(Br)cc(-n2nnnc2C(C)(C)C)c1. The molecule has 1 aromatic heterocycles. The standard InChI is InChI=1S/C16H22BrN5O/c1-15(2,3)14-19-20-21-22(14)12-8-10(7-11(17)9-12)13(23)18-16(4,5)6/h7-9H,1-6H3,(H,18,23). The molecule has 7 heteroatoms. The van der Waals surface area contributed by atoms with Gasteiger partial charge in [0.2, 0.25) is 0 Å². The molecule has 0 fully saturated rings. The Morgan fingerprint density at radius 3 is 2.35 bits per heavy atom. The number of carbonyl (C=O) groups is 1. The summed E-state index contributed by atoms with van der Waals surface area (Å²) in [5.74, 6) is 0.600. The highest BCUT2D eigenvalue weighted by Crippen LogP contribution is 2.24. The van der Waals surface area contributed by atoms with E-state index >= 15 is 0 Å². The molecule has 0 saturated carbocycles. The molecule has 0 aliphatic heterocycles. The smallest absolute Gasteiger partial charge is 0.251 e. The van der Waals surface area contributed by atoms with Crippen LogP contribution in [-0.2, 0) is 5.41 Å². The molecule has 0 radical (unpaired) electrons. The normalized spacial score (nSPS) is 12.3. The van der Waals surface area contributed by atoms with Crippen molar-refractivity contribution >= 4 is 21.8 Å². The highest BCUT2D eigenvalue weighted by Gasteiger charge is 2.24. The van der Waals surface area contributed by atoms with Gasteiger partial charge in [0, 0.05) is 21.0 Å². The first-order chi connectivity index (χ1) is 10.5. The first kappa shape index (κ1) is 17.6. The van der Waals surface area contributed by atoms with E-state index in [4.69, 9.17) is 0 Å². The van der Waals surface area contributed by atoms with Gasteiger partial charge in [0.1, 0.15) is 0 Å². The Labute approximate surface area is 144 Å². The fourth-order valence-electron chi connectivity index (χ4n) is 2.07. The average molecular weight is 380 g/mol. The van der Waals surface area contributed by atoms with Crippen molar-refractivity contribution < 1.29 is 4.79 Å². The van der Waals surface area contributed by atoms with E-state index in [9.17, 15) is 4.79 Å². The van der Waals surface area contributed by atoms with Crippen LogP contribution >= 0.6 is 15.9 Å². The molecule has 124 valence electrons. The Hall–Kier alpha value is -1.76. The third-order valence-electron chi connectivity index (χ3n) is 3.02. The van der Waals surface area contributed by atoms with Gasteiger partial charge in [0.05, 0.1) is 5.69 Å². The number of hydrogen-bond donors (Lipinski definition) is 1. The summed E-state index contributed by atoms with van der Waals surface area (Å²) in [7, 11) is 0. The Kier molecular flexibility index (Phi) is 4.61. The molecule has 2 rings (SSSR count). The van der Waals surface area contributed by atoms with Gasteiger partial charge in [-0.25, -0.2) is 0 Å². The number of rotatable bonds is 2. The number of halogens is 1. The van der Waals surface area contributed by atoms with Crippen LogP contribution in [0, 0.1) is 0 Å². The number of tetrazole rings is 1. The molecule has 1 N–H and O–H groups in total. The van der Waals surface area contributed by atoms with E-state index in [2.05, 4.69) is 36.8 Å². The van der Waals surface area contributed by atoms with Gasteiger partial charge in [-0.1, -0.05) is 36.7 Å². The summed E-state index contributed by atoms with van der Waals surface area (Å²) in [6, 6.07) is 5.46. The molecule has 23 heavy (non-hydrogen) atoms. The highest BCUT2D eigenvalue weighted by atomic mass is 79.9. The minimum Gasteiger partial charge on any atom is -0.347 e. The number of nitrogens with one attached hydrogen (secondary N) is 1. The lowest BCUT2D eigenvalue weighted by atomic mass is 9.95. The van der Waals surface area contributed by atoms with Crippen LogP contribution in [0.25, 0.3) is 5.69 Å². The molecule has 2 aromatic rings. The molecule has 0 aliphatic carbocycles. The topological polar surface area (TPSA) is 72.7 Å². The van der Waals surface area contributed by atoms with E-state index in [0.717, 1.165) is 16.0 Å². The lowest BCUT2D eigenvalue weighted by molar-refractivity contribution is 0.0919. The molecule has 0 unspecified atom stereocenters. The fourth-order valence-corrected chi connectivity index (χ4v) is 2.55. The lowest BCUT2D eigenvalue weighted by Crippen LogP contribution is -2.40. The van der Waals surface area contributed by atoms with E-state index in [1.807, 2.05) is 47.6 Å². The number of aromatic nitrogens is 4. The predicted molar refractivity (Wildman–Crippen MR) is 92.8 cm³/mol. The summed E-state index contributed by atoms with van der Waals surface area (Å²) in [6.07, 6.45) is 0. The van der Waals surface area contributed by atoms with Crippen LogP contribution in [0.5, 0.6) is 0 Å². The van der Waals surface area contributed by atoms with Crippen LogP contribution < -0.4 is 5.32 Å². The molecule has 6 nitrogen and oxygen atoms in total. The zero-order valence-electron chi connectivity index (χ0n) is 14.3. The number of carbonyl (C=O) groups excluding carboxylic acids is 1. The van der Waals surface area contributed by atoms with Crippen molar-refractivity contribution in [2.45, 2.75) is 52.5 Å². The van der Waals surface area contributed by atoms with Gasteiger partial charge in [-0.15, -0.1) is 5.10 Å². The quantitative estimate of drug-likeness (QED) is 0.868. The van der Waals surface area contributed by atoms with Gasteiger partial charge in [-0.05, 0) is 49.4 Å². The van der Waals surface area contributed by atoms with E-state index < -0.39 is 0 Å². The zero-order chi connectivity index (χ0) is 17.4. The van der Waals surface area contributed by atoms with E-state index in [-0.39, 0.29) is 16.9 Å². The predicted octanol–water partition coefficient (Wildman–Crippen LogP) is 3.25. The molecule has 0 spiro atoms. The van der Waals surface area contributed by atoms with Crippen molar-refractivity contribution in [3.05, 3.63) is 34.1 Å². The van der Waals surface area contributed by atoms with Crippen LogP contribution in [0.15, 0.2) is 22.7 Å². The second-order valence-corrected chi connectivity index (χ2v) is 8.48. The van der Waals surface area contributed by atoms with Gasteiger partial charge in [-0.2, -0.15) is 4.68 Å². The largest absolute Gasteiger partial charge is 0.347 e. The maximum absolute atomic E-state index is 12.4. The van der Waals surface area contributed by atoms with Crippen LogP contribution in [-0.4, -0.2) is 31.7 Å². The summed E-state index contributed by atoms with van der Waals surface area (Å²) in [6.45, 7) is 12.0. The Balaban J connectivity index is 2.47. The van der Waals surface area contributed by atoms with Crippen molar-refractivity contribution in [1.29, 1.82) is 0 Å². The molecule has 1 aromatic carbocycles. The monoisotopic (exact) mass is 379 g/mol. The Bertz CT molecular complexity index is 725. The summed E-state index contributed by atoms with van der Waals surface area (Å²) >= 11 is 3.46. The summed E-state index contributed by atoms with van der Waals surface area (Å²) in [5, 5.41) is 14.9. The minimum atomic E-state index is -0.301. The van der Waals surface area contributed by atoms with E-state index in [1.54, 1.807) is 16.8 Å². The maximum Gasteiger partial charge on any atom is 0.251 e. The first-order valence-corrected chi connectivity index (χ1v) is 8.19. The zero-order valence-corrected chi connectivity index (χ0v) is 15.9. The molecule has 0 saturated heterocycles. The lowest BCUT2D eigenvalue weighted by Gasteiger charge is -2.21. The van der Waals surface area contributed by atoms with Crippen molar-refractivity contribution in [1.82, 2.24) is 25.5 Å². The van der Waals surface area contributed by atoms with Crippen molar-refractivity contribution in [2.75, 3.05) is 0 Å². The Morgan fingerprint density at radius 2 is 1.78 bits per heavy atom. The molecule has 1 heterocycles. The maximum atomic E-state index is 12.4. The summed E-state index contributed by atoms with van der Waals surface area (Å²) < 4.78 is 2.46. The van der Waals surface area contributed by atoms with Crippen LogP contribution in [0.4, 0.5) is 0 Å². The minimum absolute atomic E-state index is 0.134. The van der Waals surface area contributed by atoms with Gasteiger partial charge < -0.3 is 5.32 Å². The first-order valence-electron chi connectivity index (χ1n) is 7.40. The molecule has 0 aliphatic rings. The van der Waals surface area contributed by atoms with Crippen LogP contribution in [0.1, 0.15) is 57.7 Å². The third-order valence-corrected chi connectivity index (χ3v) is 3.48. The van der Waals surface area contributed by atoms with Crippen molar-refractivity contribution in [3.63, 3.8) is 0 Å². The van der Waals surface area contributed by atoms with Gasteiger partial charge >= 0.3 is 0 Å². The number of nitrogens with zero attached hydrogens (tertiary/aromatic N) is 4. The number of amides is 1. The highest BCUT2D eigenvalue weighted by molar-refractivity contribution is 9.10. The summed E-state index contributed by atoms with van der Waals surface area (Å²) in [4.78, 5) is 12.4. The average Bonchev–Trinajstić information content (AvgIpc) is 2.84. The van der Waals surface area contributed by atoms with Crippen molar-refractivity contribution in [3.8, 4) is 5.69 Å². The Morgan fingerprint density at radius 1 is 1.13 bits per heavy atom. The number of benzene rings is 1. The fraction of sp³-hybridized carbons (Fsp3) is 0.500. The molecular formula is C16H22BrN5O. The third kappa shape index (κ3) is 4.37. The van der Waals surface area contributed by atoms with Gasteiger partial charge in [0.15, 0.2) is 5.82 Å². The second-order valence-electron chi connectivity index (χ2n) is 7.57. The molecule has 0 bridgehead atoms. The van der Waals surface area contributed by atoms with Crippen molar-refractivity contribution in [2.24, 2.45) is 0 Å².